The lowest BCUT2D eigenvalue weighted by Crippen LogP contribution is -2.54. The number of aliphatic carboxylic acids is 1. The molecule has 4 atom stereocenters. The summed E-state index contributed by atoms with van der Waals surface area (Å²) in [5, 5.41) is 13.4. The number of alkyl halides is 3. The Bertz CT molecular complexity index is 1770. The number of nitrogens with zero attached hydrogens (tertiary/aromatic N) is 1. The largest absolute Gasteiger partial charge is 0.490 e. The zero-order valence-corrected chi connectivity index (χ0v) is 29.3. The lowest BCUT2D eigenvalue weighted by molar-refractivity contribution is -0.192. The summed E-state index contributed by atoms with van der Waals surface area (Å²) in [6.45, 7) is 0.426. The van der Waals surface area contributed by atoms with Crippen LogP contribution in [0.2, 0.25) is 0 Å². The third-order valence-corrected chi connectivity index (χ3v) is 10.9. The fraction of sp³-hybridized carbons (Fsp3) is 0.450. The number of hydrogen-bond donors (Lipinski definition) is 4. The molecule has 2 fully saturated rings. The van der Waals surface area contributed by atoms with E-state index in [1.54, 1.807) is 4.90 Å². The number of rotatable bonds is 7. The highest BCUT2D eigenvalue weighted by molar-refractivity contribution is 5.91. The standard InChI is InChI=1S/C38H44N4O4.C2HF3O2/c39-35(25-12-2-1-3-13-25)37(44)42-22-26(21-34(42)36(43)41-33-20-10-14-24-11-4-5-15-27(24)33)40-38(45)46-23-32-30-18-8-6-16-28(30)29-17-7-9-19-31(29)32;3-2(4,5)1(6)7/h4-9,11,15-19,25-26,32-35H,1-3,10,12-14,20-23,39H2,(H,40,45)(H,41,43);(H,6,7)/t26-,33+,34-,35-;/m0./s1. The Balaban J connectivity index is 0.000000626. The van der Waals surface area contributed by atoms with Crippen LogP contribution < -0.4 is 16.4 Å². The number of benzene rings is 3. The number of nitrogens with one attached hydrogen (secondary N) is 2. The van der Waals surface area contributed by atoms with Crippen LogP contribution in [0.15, 0.2) is 72.8 Å². The Labute approximate surface area is 306 Å². The van der Waals surface area contributed by atoms with Gasteiger partial charge >= 0.3 is 18.2 Å². The van der Waals surface area contributed by atoms with E-state index in [9.17, 15) is 27.6 Å². The Morgan fingerprint density at radius 1 is 0.830 bits per heavy atom. The molecule has 53 heavy (non-hydrogen) atoms. The Morgan fingerprint density at radius 2 is 1.42 bits per heavy atom. The van der Waals surface area contributed by atoms with Crippen LogP contribution in [0.1, 0.15) is 85.6 Å². The number of carboxylic acids is 1. The van der Waals surface area contributed by atoms with Crippen molar-refractivity contribution >= 4 is 23.9 Å². The third-order valence-electron chi connectivity index (χ3n) is 10.9. The van der Waals surface area contributed by atoms with Crippen LogP contribution in [0, 0.1) is 5.92 Å². The molecule has 1 saturated heterocycles. The number of nitrogens with two attached hydrogens (primary N) is 1. The SMILES string of the molecule is N[C@H](C(=O)N1C[C@@H](NC(=O)OCC2c3ccccc3-c3ccccc32)C[C@H]1C(=O)N[C@@H]1CCCc2ccccc21)C1CCCCC1.O=C(O)C(F)(F)F. The highest BCUT2D eigenvalue weighted by atomic mass is 19.4. The topological polar surface area (TPSA) is 151 Å². The maximum absolute atomic E-state index is 13.9. The molecular weight excluding hydrogens is 689 g/mol. The predicted molar refractivity (Wildman–Crippen MR) is 191 cm³/mol. The molecule has 3 aromatic rings. The minimum absolute atomic E-state index is 0.0507. The van der Waals surface area contributed by atoms with Crippen molar-refractivity contribution in [2.45, 2.75) is 94.0 Å². The van der Waals surface area contributed by atoms with E-state index in [4.69, 9.17) is 20.4 Å². The molecule has 13 heteroatoms. The van der Waals surface area contributed by atoms with Gasteiger partial charge in [0.25, 0.3) is 0 Å². The summed E-state index contributed by atoms with van der Waals surface area (Å²) in [7, 11) is 0. The first-order chi connectivity index (χ1) is 25.4. The predicted octanol–water partition coefficient (Wildman–Crippen LogP) is 6.23. The molecule has 3 amide bonds. The molecule has 4 aliphatic rings. The summed E-state index contributed by atoms with van der Waals surface area (Å²) >= 11 is 0. The first-order valence-electron chi connectivity index (χ1n) is 18.3. The molecule has 0 unspecified atom stereocenters. The zero-order chi connectivity index (χ0) is 37.7. The van der Waals surface area contributed by atoms with Crippen LogP contribution >= 0.6 is 0 Å². The van der Waals surface area contributed by atoms with Crippen molar-refractivity contribution in [3.63, 3.8) is 0 Å². The van der Waals surface area contributed by atoms with E-state index in [0.29, 0.717) is 6.42 Å². The van der Waals surface area contributed by atoms with Crippen molar-refractivity contribution in [3.8, 4) is 11.1 Å². The number of halogens is 3. The number of hydrogen-bond acceptors (Lipinski definition) is 6. The molecule has 7 rings (SSSR count). The number of fused-ring (bicyclic) bond motifs is 4. The summed E-state index contributed by atoms with van der Waals surface area (Å²) in [6.07, 6.45) is 2.70. The van der Waals surface area contributed by atoms with E-state index < -0.39 is 36.4 Å². The molecular formula is C40H45F3N4O6. The van der Waals surface area contributed by atoms with Gasteiger partial charge in [-0.15, -0.1) is 0 Å². The molecule has 3 aliphatic carbocycles. The van der Waals surface area contributed by atoms with Crippen molar-refractivity contribution in [1.29, 1.82) is 0 Å². The van der Waals surface area contributed by atoms with Gasteiger partial charge in [0.05, 0.1) is 18.1 Å². The van der Waals surface area contributed by atoms with E-state index in [-0.39, 0.29) is 42.8 Å². The molecule has 1 aliphatic heterocycles. The molecule has 1 heterocycles. The van der Waals surface area contributed by atoms with Crippen LogP contribution in [0.4, 0.5) is 18.0 Å². The molecule has 3 aromatic carbocycles. The summed E-state index contributed by atoms with van der Waals surface area (Å²) in [4.78, 5) is 51.5. The number of carboxylic acid groups (broad SMARTS) is 1. The van der Waals surface area contributed by atoms with Gasteiger partial charge in [0, 0.05) is 12.5 Å². The van der Waals surface area contributed by atoms with Crippen molar-refractivity contribution in [3.05, 3.63) is 95.1 Å². The highest BCUT2D eigenvalue weighted by Crippen LogP contribution is 2.44. The van der Waals surface area contributed by atoms with Gasteiger partial charge in [-0.3, -0.25) is 9.59 Å². The number of carbonyl (C=O) groups excluding carboxylic acids is 3. The Morgan fingerprint density at radius 3 is 2.04 bits per heavy atom. The van der Waals surface area contributed by atoms with Gasteiger partial charge in [0.1, 0.15) is 12.6 Å². The molecule has 0 aromatic heterocycles. The number of amides is 3. The molecule has 1 saturated carbocycles. The number of alkyl carbamates (subject to hydrolysis) is 1. The maximum Gasteiger partial charge on any atom is 0.490 e. The second-order valence-corrected chi connectivity index (χ2v) is 14.3. The minimum Gasteiger partial charge on any atom is -0.475 e. The van der Waals surface area contributed by atoms with Gasteiger partial charge in [-0.2, -0.15) is 13.2 Å². The van der Waals surface area contributed by atoms with Crippen LogP contribution in [-0.4, -0.2) is 71.3 Å². The zero-order valence-electron chi connectivity index (χ0n) is 29.3. The number of carbonyl (C=O) groups is 4. The van der Waals surface area contributed by atoms with Crippen molar-refractivity contribution < 1.29 is 42.2 Å². The van der Waals surface area contributed by atoms with Crippen molar-refractivity contribution in [2.24, 2.45) is 11.7 Å². The normalized spacial score (nSPS) is 21.6. The Kier molecular flexibility index (Phi) is 11.7. The first-order valence-corrected chi connectivity index (χ1v) is 18.3. The average Bonchev–Trinajstić information content (AvgIpc) is 3.73. The van der Waals surface area contributed by atoms with Crippen LogP contribution in [0.5, 0.6) is 0 Å². The van der Waals surface area contributed by atoms with Crippen LogP contribution in [-0.2, 0) is 25.5 Å². The fourth-order valence-electron chi connectivity index (χ4n) is 8.30. The molecule has 0 spiro atoms. The molecule has 0 bridgehead atoms. The summed E-state index contributed by atoms with van der Waals surface area (Å²) in [6, 6.07) is 22.8. The van der Waals surface area contributed by atoms with Gasteiger partial charge in [-0.05, 0) is 77.8 Å². The first kappa shape index (κ1) is 37.8. The van der Waals surface area contributed by atoms with E-state index in [2.05, 4.69) is 47.0 Å². The third kappa shape index (κ3) is 8.67. The van der Waals surface area contributed by atoms with Gasteiger partial charge < -0.3 is 31.1 Å². The van der Waals surface area contributed by atoms with Gasteiger partial charge in [0.15, 0.2) is 0 Å². The van der Waals surface area contributed by atoms with Crippen molar-refractivity contribution in [2.75, 3.05) is 13.2 Å². The van der Waals surface area contributed by atoms with Gasteiger partial charge in [0.2, 0.25) is 11.8 Å². The Hall–Kier alpha value is -4.91. The quantitative estimate of drug-likeness (QED) is 0.225. The van der Waals surface area contributed by atoms with Gasteiger partial charge in [-0.25, -0.2) is 9.59 Å². The number of ether oxygens (including phenoxy) is 1. The summed E-state index contributed by atoms with van der Waals surface area (Å²) in [5.74, 6) is -3.09. The smallest absolute Gasteiger partial charge is 0.475 e. The lowest BCUT2D eigenvalue weighted by Gasteiger charge is -2.33. The van der Waals surface area contributed by atoms with E-state index in [0.717, 1.165) is 61.6 Å². The summed E-state index contributed by atoms with van der Waals surface area (Å²) in [5.41, 5.74) is 13.6. The van der Waals surface area contributed by atoms with Crippen LogP contribution in [0.3, 0.4) is 0 Å². The van der Waals surface area contributed by atoms with Crippen molar-refractivity contribution in [1.82, 2.24) is 15.5 Å². The summed E-state index contributed by atoms with van der Waals surface area (Å²) < 4.78 is 37.6. The second kappa shape index (κ2) is 16.4. The minimum atomic E-state index is -5.08. The molecule has 5 N–H and O–H groups in total. The average molecular weight is 735 g/mol. The second-order valence-electron chi connectivity index (χ2n) is 14.3. The van der Waals surface area contributed by atoms with Gasteiger partial charge in [-0.1, -0.05) is 92.1 Å². The number of likely N-dealkylation sites (tertiary alicyclic amines) is 1. The molecule has 282 valence electrons. The maximum atomic E-state index is 13.9. The molecule has 0 radical (unpaired) electrons. The highest BCUT2D eigenvalue weighted by Gasteiger charge is 2.44. The number of aryl methyl sites for hydroxylation is 1. The van der Waals surface area contributed by atoms with E-state index in [1.807, 2.05) is 36.4 Å². The van der Waals surface area contributed by atoms with Crippen LogP contribution in [0.25, 0.3) is 11.1 Å². The molecule has 10 nitrogen and oxygen atoms in total. The lowest BCUT2D eigenvalue weighted by atomic mass is 9.83. The monoisotopic (exact) mass is 734 g/mol. The van der Waals surface area contributed by atoms with E-state index in [1.165, 1.54) is 23.1 Å². The fourth-order valence-corrected chi connectivity index (χ4v) is 8.30. The van der Waals surface area contributed by atoms with E-state index >= 15 is 0 Å².